The van der Waals surface area contributed by atoms with Crippen LogP contribution in [0.2, 0.25) is 0 Å². The summed E-state index contributed by atoms with van der Waals surface area (Å²) in [4.78, 5) is 34.6. The zero-order valence-electron chi connectivity index (χ0n) is 11.6. The van der Waals surface area contributed by atoms with Gasteiger partial charge in [-0.25, -0.2) is 0 Å². The van der Waals surface area contributed by atoms with E-state index in [9.17, 15) is 14.4 Å². The Morgan fingerprint density at radius 2 is 1.71 bits per heavy atom. The summed E-state index contributed by atoms with van der Waals surface area (Å²) in [6.45, 7) is 1.35. The number of ketones is 1. The summed E-state index contributed by atoms with van der Waals surface area (Å²) >= 11 is 0. The van der Waals surface area contributed by atoms with Gasteiger partial charge in [-0.15, -0.1) is 0 Å². The van der Waals surface area contributed by atoms with Gasteiger partial charge in [0.05, 0.1) is 0 Å². The maximum absolute atomic E-state index is 12.0. The molecule has 21 heavy (non-hydrogen) atoms. The molecule has 0 fully saturated rings. The van der Waals surface area contributed by atoms with Gasteiger partial charge < -0.3 is 15.1 Å². The van der Waals surface area contributed by atoms with E-state index < -0.39 is 5.91 Å². The van der Waals surface area contributed by atoms with Crippen molar-refractivity contribution in [2.24, 2.45) is 0 Å². The zero-order chi connectivity index (χ0) is 15.4. The van der Waals surface area contributed by atoms with Crippen molar-refractivity contribution in [2.75, 3.05) is 12.4 Å². The third kappa shape index (κ3) is 3.36. The lowest BCUT2D eigenvalue weighted by atomic mass is 10.2. The van der Waals surface area contributed by atoms with Crippen LogP contribution in [0.5, 0.6) is 0 Å². The van der Waals surface area contributed by atoms with E-state index in [-0.39, 0.29) is 23.2 Å². The van der Waals surface area contributed by atoms with Gasteiger partial charge >= 0.3 is 0 Å². The Hall–Kier alpha value is -2.89. The molecular formula is C15H14N2O4. The molecule has 2 aromatic rings. The summed E-state index contributed by atoms with van der Waals surface area (Å²) < 4.78 is 5.14. The van der Waals surface area contributed by atoms with E-state index in [1.807, 2.05) is 0 Å². The van der Waals surface area contributed by atoms with Crippen LogP contribution in [0.15, 0.2) is 40.8 Å². The monoisotopic (exact) mass is 286 g/mol. The SMILES string of the molecule is CNC(=O)c1cccc(NC(=O)c2ccc(C(C)=O)o2)c1. The third-order valence-corrected chi connectivity index (χ3v) is 2.79. The molecule has 0 unspecified atom stereocenters. The van der Waals surface area contributed by atoms with Crippen molar-refractivity contribution < 1.29 is 18.8 Å². The predicted molar refractivity (Wildman–Crippen MR) is 76.5 cm³/mol. The summed E-state index contributed by atoms with van der Waals surface area (Å²) in [6, 6.07) is 9.36. The molecule has 1 heterocycles. The second-order valence-electron chi connectivity index (χ2n) is 4.33. The first-order valence-corrected chi connectivity index (χ1v) is 6.25. The molecule has 1 aromatic carbocycles. The van der Waals surface area contributed by atoms with Crippen molar-refractivity contribution in [1.29, 1.82) is 0 Å². The van der Waals surface area contributed by atoms with Gasteiger partial charge in [-0.05, 0) is 30.3 Å². The number of furan rings is 1. The molecule has 0 aliphatic carbocycles. The standard InChI is InChI=1S/C15H14N2O4/c1-9(18)12-6-7-13(21-12)15(20)17-11-5-3-4-10(8-11)14(19)16-2/h3-8H,1-2H3,(H,16,19)(H,17,20). The summed E-state index contributed by atoms with van der Waals surface area (Å²) in [5.41, 5.74) is 0.890. The molecule has 0 radical (unpaired) electrons. The molecule has 108 valence electrons. The number of Topliss-reactive ketones (excluding diaryl/α,β-unsaturated/α-hetero) is 1. The van der Waals surface area contributed by atoms with E-state index in [2.05, 4.69) is 10.6 Å². The van der Waals surface area contributed by atoms with Gasteiger partial charge in [0, 0.05) is 25.2 Å². The number of nitrogens with one attached hydrogen (secondary N) is 2. The number of hydrogen-bond donors (Lipinski definition) is 2. The Balaban J connectivity index is 2.15. The first kappa shape index (κ1) is 14.5. The van der Waals surface area contributed by atoms with Crippen LogP contribution in [0.25, 0.3) is 0 Å². The van der Waals surface area contributed by atoms with E-state index >= 15 is 0 Å². The summed E-state index contributed by atoms with van der Waals surface area (Å²) in [5, 5.41) is 5.11. The maximum atomic E-state index is 12.0. The molecule has 0 bridgehead atoms. The van der Waals surface area contributed by atoms with Gasteiger partial charge in [-0.3, -0.25) is 14.4 Å². The molecule has 2 amide bonds. The fourth-order valence-corrected chi connectivity index (χ4v) is 1.72. The second kappa shape index (κ2) is 6.04. The minimum absolute atomic E-state index is 0.0329. The number of anilines is 1. The average molecular weight is 286 g/mol. The van der Waals surface area contributed by atoms with Crippen LogP contribution in [-0.4, -0.2) is 24.6 Å². The lowest BCUT2D eigenvalue weighted by Gasteiger charge is -2.05. The Morgan fingerprint density at radius 3 is 2.33 bits per heavy atom. The minimum Gasteiger partial charge on any atom is -0.448 e. The Bertz CT molecular complexity index is 703. The van der Waals surface area contributed by atoms with Gasteiger partial charge in [-0.1, -0.05) is 6.07 Å². The first-order chi connectivity index (χ1) is 10.0. The highest BCUT2D eigenvalue weighted by atomic mass is 16.4. The minimum atomic E-state index is -0.489. The number of carbonyl (C=O) groups excluding carboxylic acids is 3. The predicted octanol–water partition coefficient (Wildman–Crippen LogP) is 2.09. The second-order valence-corrected chi connectivity index (χ2v) is 4.33. The third-order valence-electron chi connectivity index (χ3n) is 2.79. The number of hydrogen-bond acceptors (Lipinski definition) is 4. The summed E-state index contributed by atoms with van der Waals surface area (Å²) in [5.74, 6) is -0.833. The molecule has 2 N–H and O–H groups in total. The molecule has 0 aliphatic heterocycles. The van der Waals surface area contributed by atoms with Gasteiger partial charge in [0.1, 0.15) is 0 Å². The van der Waals surface area contributed by atoms with Crippen LogP contribution in [0.4, 0.5) is 5.69 Å². The molecule has 0 saturated heterocycles. The number of benzene rings is 1. The van der Waals surface area contributed by atoms with Crippen molar-refractivity contribution in [3.63, 3.8) is 0 Å². The molecule has 6 nitrogen and oxygen atoms in total. The van der Waals surface area contributed by atoms with Crippen LogP contribution in [0.1, 0.15) is 38.4 Å². The van der Waals surface area contributed by atoms with E-state index in [1.165, 1.54) is 26.1 Å². The smallest absolute Gasteiger partial charge is 0.291 e. The lowest BCUT2D eigenvalue weighted by Crippen LogP contribution is -2.18. The van der Waals surface area contributed by atoms with Crippen LogP contribution in [0, 0.1) is 0 Å². The lowest BCUT2D eigenvalue weighted by molar-refractivity contribution is 0.0953. The Morgan fingerprint density at radius 1 is 1.00 bits per heavy atom. The molecular weight excluding hydrogens is 272 g/mol. The van der Waals surface area contributed by atoms with Crippen LogP contribution >= 0.6 is 0 Å². The zero-order valence-corrected chi connectivity index (χ0v) is 11.6. The summed E-state index contributed by atoms with van der Waals surface area (Å²) in [7, 11) is 1.53. The Labute approximate surface area is 121 Å². The van der Waals surface area contributed by atoms with E-state index in [1.54, 1.807) is 24.3 Å². The fraction of sp³-hybridized carbons (Fsp3) is 0.133. The maximum Gasteiger partial charge on any atom is 0.291 e. The average Bonchev–Trinajstić information content (AvgIpc) is 2.97. The highest BCUT2D eigenvalue weighted by Gasteiger charge is 2.14. The van der Waals surface area contributed by atoms with Crippen LogP contribution in [-0.2, 0) is 0 Å². The van der Waals surface area contributed by atoms with Crippen molar-refractivity contribution in [3.8, 4) is 0 Å². The Kier molecular flexibility index (Phi) is 4.18. The van der Waals surface area contributed by atoms with Gasteiger partial charge in [0.15, 0.2) is 17.3 Å². The topological polar surface area (TPSA) is 88.4 Å². The molecule has 0 saturated carbocycles. The molecule has 0 atom stereocenters. The van der Waals surface area contributed by atoms with Gasteiger partial charge in [-0.2, -0.15) is 0 Å². The van der Waals surface area contributed by atoms with E-state index in [0.29, 0.717) is 11.3 Å². The molecule has 0 spiro atoms. The first-order valence-electron chi connectivity index (χ1n) is 6.25. The van der Waals surface area contributed by atoms with Gasteiger partial charge in [0.2, 0.25) is 0 Å². The van der Waals surface area contributed by atoms with Gasteiger partial charge in [0.25, 0.3) is 11.8 Å². The largest absolute Gasteiger partial charge is 0.448 e. The normalized spacial score (nSPS) is 10.0. The fourth-order valence-electron chi connectivity index (χ4n) is 1.72. The van der Waals surface area contributed by atoms with Crippen molar-refractivity contribution in [3.05, 3.63) is 53.5 Å². The number of rotatable bonds is 4. The highest BCUT2D eigenvalue weighted by molar-refractivity contribution is 6.04. The molecule has 0 aliphatic rings. The number of carbonyl (C=O) groups is 3. The van der Waals surface area contributed by atoms with Crippen molar-refractivity contribution >= 4 is 23.3 Å². The number of amides is 2. The van der Waals surface area contributed by atoms with Crippen LogP contribution in [0.3, 0.4) is 0 Å². The molecule has 6 heteroatoms. The summed E-state index contributed by atoms with van der Waals surface area (Å²) in [6.07, 6.45) is 0. The quantitative estimate of drug-likeness (QED) is 0.842. The highest BCUT2D eigenvalue weighted by Crippen LogP contribution is 2.14. The molecule has 1 aromatic heterocycles. The molecule has 2 rings (SSSR count). The van der Waals surface area contributed by atoms with E-state index in [0.717, 1.165) is 0 Å². The van der Waals surface area contributed by atoms with Crippen molar-refractivity contribution in [1.82, 2.24) is 5.32 Å². The van der Waals surface area contributed by atoms with Crippen molar-refractivity contribution in [2.45, 2.75) is 6.92 Å². The van der Waals surface area contributed by atoms with Crippen LogP contribution < -0.4 is 10.6 Å². The van der Waals surface area contributed by atoms with E-state index in [4.69, 9.17) is 4.42 Å².